The van der Waals surface area contributed by atoms with Crippen molar-refractivity contribution in [3.63, 3.8) is 0 Å². The van der Waals surface area contributed by atoms with Gasteiger partial charge in [-0.2, -0.15) is 5.01 Å². The van der Waals surface area contributed by atoms with Crippen LogP contribution < -0.4 is 0 Å². The fourth-order valence-electron chi connectivity index (χ4n) is 2.60. The fraction of sp³-hybridized carbons (Fsp3) is 0.357. The van der Waals surface area contributed by atoms with E-state index in [-0.39, 0.29) is 43.7 Å². The van der Waals surface area contributed by atoms with Gasteiger partial charge in [0.25, 0.3) is 5.91 Å². The van der Waals surface area contributed by atoms with E-state index in [4.69, 9.17) is 5.11 Å². The molecule has 20 heavy (non-hydrogen) atoms. The first-order valence-electron chi connectivity index (χ1n) is 6.52. The van der Waals surface area contributed by atoms with Gasteiger partial charge in [0.2, 0.25) is 11.8 Å². The normalized spacial score (nSPS) is 18.8. The summed E-state index contributed by atoms with van der Waals surface area (Å²) in [5.74, 6) is -1.02. The van der Waals surface area contributed by atoms with Gasteiger partial charge in [-0.25, -0.2) is 5.01 Å². The number of imide groups is 1. The summed E-state index contributed by atoms with van der Waals surface area (Å²) >= 11 is 0. The zero-order valence-corrected chi connectivity index (χ0v) is 10.8. The Labute approximate surface area is 115 Å². The molecule has 2 aliphatic rings. The van der Waals surface area contributed by atoms with Crippen molar-refractivity contribution in [3.05, 3.63) is 34.9 Å². The van der Waals surface area contributed by atoms with Gasteiger partial charge in [-0.1, -0.05) is 12.1 Å². The van der Waals surface area contributed by atoms with Crippen LogP contribution in [0.25, 0.3) is 0 Å². The molecule has 3 amide bonds. The average Bonchev–Trinajstić information content (AvgIpc) is 2.76. The quantitative estimate of drug-likeness (QED) is 0.801. The molecule has 104 valence electrons. The predicted molar refractivity (Wildman–Crippen MR) is 67.9 cm³/mol. The highest BCUT2D eigenvalue weighted by atomic mass is 16.3. The van der Waals surface area contributed by atoms with E-state index in [0.29, 0.717) is 17.5 Å². The highest BCUT2D eigenvalue weighted by molar-refractivity contribution is 6.04. The Morgan fingerprint density at radius 2 is 1.80 bits per heavy atom. The van der Waals surface area contributed by atoms with Gasteiger partial charge in [0.1, 0.15) is 0 Å². The molecule has 1 saturated heterocycles. The molecule has 6 heteroatoms. The van der Waals surface area contributed by atoms with Gasteiger partial charge < -0.3 is 5.11 Å². The van der Waals surface area contributed by atoms with E-state index in [2.05, 4.69) is 0 Å². The monoisotopic (exact) mass is 274 g/mol. The van der Waals surface area contributed by atoms with Gasteiger partial charge in [-0.05, 0) is 23.6 Å². The molecule has 6 nitrogen and oxygen atoms in total. The highest BCUT2D eigenvalue weighted by Crippen LogP contribution is 2.27. The summed E-state index contributed by atoms with van der Waals surface area (Å²) in [6, 6.07) is 5.09. The maximum Gasteiger partial charge on any atom is 0.273 e. The topological polar surface area (TPSA) is 77.9 Å². The van der Waals surface area contributed by atoms with E-state index in [0.717, 1.165) is 10.6 Å². The largest absolute Gasteiger partial charge is 0.392 e. The molecule has 0 atom stereocenters. The van der Waals surface area contributed by atoms with Gasteiger partial charge in [0.15, 0.2) is 0 Å². The molecule has 0 aromatic heterocycles. The van der Waals surface area contributed by atoms with Gasteiger partial charge >= 0.3 is 0 Å². The van der Waals surface area contributed by atoms with Crippen LogP contribution in [-0.2, 0) is 22.7 Å². The van der Waals surface area contributed by atoms with Gasteiger partial charge in [0, 0.05) is 18.4 Å². The number of nitrogens with zero attached hydrogens (tertiary/aromatic N) is 2. The number of amides is 3. The van der Waals surface area contributed by atoms with E-state index in [1.54, 1.807) is 18.2 Å². The lowest BCUT2D eigenvalue weighted by Crippen LogP contribution is -2.51. The Bertz CT molecular complexity index is 595. The molecular weight excluding hydrogens is 260 g/mol. The Hall–Kier alpha value is -2.21. The van der Waals surface area contributed by atoms with Crippen molar-refractivity contribution in [1.82, 2.24) is 10.0 Å². The third-order valence-electron chi connectivity index (χ3n) is 3.64. The van der Waals surface area contributed by atoms with Crippen molar-refractivity contribution in [2.75, 3.05) is 0 Å². The van der Waals surface area contributed by atoms with E-state index >= 15 is 0 Å². The van der Waals surface area contributed by atoms with Crippen LogP contribution >= 0.6 is 0 Å². The molecule has 0 saturated carbocycles. The molecule has 2 aliphatic heterocycles. The summed E-state index contributed by atoms with van der Waals surface area (Å²) < 4.78 is 0. The minimum Gasteiger partial charge on any atom is -0.392 e. The van der Waals surface area contributed by atoms with Gasteiger partial charge in [0.05, 0.1) is 13.2 Å². The van der Waals surface area contributed by atoms with Crippen molar-refractivity contribution in [2.24, 2.45) is 0 Å². The molecule has 0 unspecified atom stereocenters. The molecule has 0 spiro atoms. The molecule has 1 aromatic carbocycles. The van der Waals surface area contributed by atoms with Crippen LogP contribution in [0.3, 0.4) is 0 Å². The highest BCUT2D eigenvalue weighted by Gasteiger charge is 2.39. The molecule has 0 radical (unpaired) electrons. The van der Waals surface area contributed by atoms with E-state index < -0.39 is 0 Å². The van der Waals surface area contributed by atoms with Crippen LogP contribution in [0.15, 0.2) is 18.2 Å². The number of hydrogen-bond donors (Lipinski definition) is 1. The minimum absolute atomic E-state index is 0.151. The second-order valence-electron chi connectivity index (χ2n) is 4.97. The van der Waals surface area contributed by atoms with Crippen molar-refractivity contribution >= 4 is 17.7 Å². The number of aliphatic hydroxyl groups is 1. The van der Waals surface area contributed by atoms with Crippen LogP contribution in [0.5, 0.6) is 0 Å². The fourth-order valence-corrected chi connectivity index (χ4v) is 2.60. The number of carbonyl (C=O) groups is 3. The molecule has 1 aromatic rings. The molecule has 0 bridgehead atoms. The van der Waals surface area contributed by atoms with Crippen LogP contribution in [0.4, 0.5) is 0 Å². The third-order valence-corrected chi connectivity index (χ3v) is 3.64. The molecule has 0 aliphatic carbocycles. The summed E-state index contributed by atoms with van der Waals surface area (Å²) in [7, 11) is 0. The Balaban J connectivity index is 1.93. The number of fused-ring (bicyclic) bond motifs is 1. The number of piperidine rings is 1. The molecule has 1 fully saturated rings. The maximum absolute atomic E-state index is 12.4. The molecule has 2 heterocycles. The van der Waals surface area contributed by atoms with Crippen LogP contribution in [0.2, 0.25) is 0 Å². The Kier molecular flexibility index (Phi) is 3.02. The number of hydrazine groups is 1. The number of aliphatic hydroxyl groups excluding tert-OH is 1. The first-order valence-corrected chi connectivity index (χ1v) is 6.52. The van der Waals surface area contributed by atoms with Gasteiger partial charge in [-0.15, -0.1) is 0 Å². The van der Waals surface area contributed by atoms with E-state index in [1.807, 2.05) is 0 Å². The van der Waals surface area contributed by atoms with E-state index in [9.17, 15) is 14.4 Å². The van der Waals surface area contributed by atoms with E-state index in [1.165, 1.54) is 5.01 Å². The van der Waals surface area contributed by atoms with Crippen LogP contribution in [0, 0.1) is 0 Å². The van der Waals surface area contributed by atoms with Crippen LogP contribution in [0.1, 0.15) is 40.7 Å². The lowest BCUT2D eigenvalue weighted by atomic mass is 10.1. The standard InChI is InChI=1S/C14H14N2O4/c17-8-9-4-5-10-7-15(14(20)11(10)6-9)16-12(18)2-1-3-13(16)19/h4-6,17H,1-3,7-8H2. The summed E-state index contributed by atoms with van der Waals surface area (Å²) in [4.78, 5) is 36.1. The minimum atomic E-state index is -0.362. The summed E-state index contributed by atoms with van der Waals surface area (Å²) in [6.07, 6.45) is 1.11. The van der Waals surface area contributed by atoms with Crippen molar-refractivity contribution in [1.29, 1.82) is 0 Å². The SMILES string of the molecule is O=C1c2cc(CO)ccc2CN1N1C(=O)CCCC1=O. The molecule has 1 N–H and O–H groups in total. The summed E-state index contributed by atoms with van der Waals surface area (Å²) in [5.41, 5.74) is 1.84. The first kappa shape index (κ1) is 12.8. The van der Waals surface area contributed by atoms with Gasteiger partial charge in [-0.3, -0.25) is 14.4 Å². The lowest BCUT2D eigenvalue weighted by molar-refractivity contribution is -0.163. The van der Waals surface area contributed by atoms with Crippen molar-refractivity contribution in [3.8, 4) is 0 Å². The smallest absolute Gasteiger partial charge is 0.273 e. The maximum atomic E-state index is 12.4. The van der Waals surface area contributed by atoms with Crippen molar-refractivity contribution in [2.45, 2.75) is 32.4 Å². The average molecular weight is 274 g/mol. The number of hydrogen-bond acceptors (Lipinski definition) is 4. The molecular formula is C14H14N2O4. The molecule has 3 rings (SSSR count). The van der Waals surface area contributed by atoms with Crippen molar-refractivity contribution < 1.29 is 19.5 Å². The number of rotatable bonds is 2. The Morgan fingerprint density at radius 1 is 1.10 bits per heavy atom. The second kappa shape index (κ2) is 4.72. The second-order valence-corrected chi connectivity index (χ2v) is 4.97. The number of carbonyl (C=O) groups excluding carboxylic acids is 3. The predicted octanol–water partition coefficient (Wildman–Crippen LogP) is 0.589. The zero-order chi connectivity index (χ0) is 14.3. The Morgan fingerprint density at radius 3 is 2.45 bits per heavy atom. The first-order chi connectivity index (χ1) is 9.61. The third kappa shape index (κ3) is 1.89. The lowest BCUT2D eigenvalue weighted by Gasteiger charge is -2.32. The summed E-state index contributed by atoms with van der Waals surface area (Å²) in [5, 5.41) is 11.3. The summed E-state index contributed by atoms with van der Waals surface area (Å²) in [6.45, 7) is 0.0689. The number of benzene rings is 1. The van der Waals surface area contributed by atoms with Crippen LogP contribution in [-0.4, -0.2) is 32.8 Å². The zero-order valence-electron chi connectivity index (χ0n) is 10.8.